The van der Waals surface area contributed by atoms with Gasteiger partial charge in [0.15, 0.2) is 0 Å². The molecule has 2 aliphatic rings. The van der Waals surface area contributed by atoms with E-state index in [0.717, 1.165) is 12.3 Å². The molecule has 2 nitrogen and oxygen atoms in total. The van der Waals surface area contributed by atoms with Gasteiger partial charge in [-0.1, -0.05) is 33.6 Å². The summed E-state index contributed by atoms with van der Waals surface area (Å²) in [4.78, 5) is 0. The van der Waals surface area contributed by atoms with Crippen molar-refractivity contribution >= 4 is 0 Å². The zero-order valence-corrected chi connectivity index (χ0v) is 13.6. The second-order valence-corrected chi connectivity index (χ2v) is 8.13. The van der Waals surface area contributed by atoms with Gasteiger partial charge in [-0.2, -0.15) is 0 Å². The van der Waals surface area contributed by atoms with Gasteiger partial charge in [0.05, 0.1) is 0 Å². The fourth-order valence-corrected chi connectivity index (χ4v) is 4.61. The zero-order valence-electron chi connectivity index (χ0n) is 13.6. The third-order valence-corrected chi connectivity index (χ3v) is 5.46. The smallest absolute Gasteiger partial charge is 0.0338 e. The number of hydrogen-bond donors (Lipinski definition) is 1. The van der Waals surface area contributed by atoms with Gasteiger partial charge in [0.2, 0.25) is 0 Å². The molecular formula is C18H30N2. The van der Waals surface area contributed by atoms with Gasteiger partial charge >= 0.3 is 0 Å². The molecule has 0 radical (unpaired) electrons. The Bertz CT molecular complexity index is 498. The number of nitrogens with zero attached hydrogens (tertiary/aromatic N) is 1. The van der Waals surface area contributed by atoms with Crippen LogP contribution in [0.3, 0.4) is 0 Å². The van der Waals surface area contributed by atoms with E-state index in [0.29, 0.717) is 11.5 Å². The van der Waals surface area contributed by atoms with Crippen LogP contribution in [0, 0.1) is 18.3 Å². The third-order valence-electron chi connectivity index (χ3n) is 5.46. The first-order valence-corrected chi connectivity index (χ1v) is 8.33. The van der Waals surface area contributed by atoms with Crippen molar-refractivity contribution < 1.29 is 0 Å². The van der Waals surface area contributed by atoms with E-state index in [1.807, 2.05) is 0 Å². The van der Waals surface area contributed by atoms with Gasteiger partial charge in [-0.25, -0.2) is 0 Å². The average Bonchev–Trinajstić information content (AvgIpc) is 2.64. The van der Waals surface area contributed by atoms with Crippen molar-refractivity contribution in [1.82, 2.24) is 4.57 Å². The lowest BCUT2D eigenvalue weighted by atomic mass is 9.74. The Morgan fingerprint density at radius 3 is 2.75 bits per heavy atom. The third kappa shape index (κ3) is 2.43. The average molecular weight is 274 g/mol. The number of fused-ring (bicyclic) bond motifs is 1. The fraction of sp³-hybridized carbons (Fsp3) is 0.778. The Morgan fingerprint density at radius 2 is 2.05 bits per heavy atom. The van der Waals surface area contributed by atoms with Crippen molar-refractivity contribution in [1.29, 1.82) is 0 Å². The quantitative estimate of drug-likeness (QED) is 0.802. The van der Waals surface area contributed by atoms with E-state index in [2.05, 4.69) is 38.3 Å². The highest BCUT2D eigenvalue weighted by atomic mass is 15.0. The molecule has 2 heteroatoms. The van der Waals surface area contributed by atoms with E-state index in [1.165, 1.54) is 43.4 Å². The normalized spacial score (nSPS) is 33.0. The van der Waals surface area contributed by atoms with Gasteiger partial charge in [-0.3, -0.25) is 0 Å². The van der Waals surface area contributed by atoms with Gasteiger partial charge in [-0.15, -0.1) is 0 Å². The molecule has 1 heterocycles. The van der Waals surface area contributed by atoms with Crippen LogP contribution >= 0.6 is 0 Å². The summed E-state index contributed by atoms with van der Waals surface area (Å²) in [6, 6.07) is 3.31. The van der Waals surface area contributed by atoms with Crippen LogP contribution in [0.5, 0.6) is 0 Å². The van der Waals surface area contributed by atoms with Crippen LogP contribution in [0.25, 0.3) is 0 Å². The minimum absolute atomic E-state index is 0.231. The second-order valence-electron chi connectivity index (χ2n) is 8.13. The zero-order chi connectivity index (χ0) is 14.5. The van der Waals surface area contributed by atoms with Gasteiger partial charge in [0, 0.05) is 23.5 Å². The van der Waals surface area contributed by atoms with Crippen LogP contribution < -0.4 is 5.73 Å². The van der Waals surface area contributed by atoms with Crippen LogP contribution in [-0.2, 0) is 6.42 Å². The summed E-state index contributed by atoms with van der Waals surface area (Å²) in [5, 5.41) is 0. The maximum absolute atomic E-state index is 6.45. The first-order chi connectivity index (χ1) is 9.37. The summed E-state index contributed by atoms with van der Waals surface area (Å²) in [5.41, 5.74) is 11.2. The molecule has 1 aromatic rings. The van der Waals surface area contributed by atoms with E-state index in [1.54, 1.807) is 5.69 Å². The minimum Gasteiger partial charge on any atom is -0.346 e. The lowest BCUT2D eigenvalue weighted by molar-refractivity contribution is 0.246. The molecule has 2 N–H and O–H groups in total. The molecule has 3 rings (SSSR count). The van der Waals surface area contributed by atoms with E-state index in [4.69, 9.17) is 5.73 Å². The van der Waals surface area contributed by atoms with Crippen LogP contribution in [0.15, 0.2) is 6.07 Å². The summed E-state index contributed by atoms with van der Waals surface area (Å²) in [7, 11) is 0. The highest BCUT2D eigenvalue weighted by molar-refractivity contribution is 5.34. The Hall–Kier alpha value is -0.760. The predicted octanol–water partition coefficient (Wildman–Crippen LogP) is 4.52. The molecular weight excluding hydrogens is 244 g/mol. The number of nitrogens with two attached hydrogens (primary N) is 1. The Morgan fingerprint density at radius 1 is 1.30 bits per heavy atom. The molecule has 1 fully saturated rings. The van der Waals surface area contributed by atoms with Gasteiger partial charge < -0.3 is 10.3 Å². The highest BCUT2D eigenvalue weighted by Gasteiger charge is 2.35. The summed E-state index contributed by atoms with van der Waals surface area (Å²) in [6.45, 7) is 9.42. The van der Waals surface area contributed by atoms with Gasteiger partial charge in [0.25, 0.3) is 0 Å². The Kier molecular flexibility index (Phi) is 3.48. The van der Waals surface area contributed by atoms with E-state index in [9.17, 15) is 0 Å². The van der Waals surface area contributed by atoms with Crippen molar-refractivity contribution in [2.75, 3.05) is 0 Å². The van der Waals surface area contributed by atoms with Crippen molar-refractivity contribution in [2.24, 2.45) is 17.1 Å². The topological polar surface area (TPSA) is 30.9 Å². The van der Waals surface area contributed by atoms with E-state index < -0.39 is 0 Å². The maximum atomic E-state index is 6.45. The molecule has 3 atom stereocenters. The molecule has 112 valence electrons. The predicted molar refractivity (Wildman–Crippen MR) is 84.9 cm³/mol. The van der Waals surface area contributed by atoms with Crippen molar-refractivity contribution in [3.63, 3.8) is 0 Å². The number of rotatable bonds is 1. The minimum atomic E-state index is 0.231. The lowest BCUT2D eigenvalue weighted by Gasteiger charge is -2.37. The standard InChI is InChI=1S/C18H30N2/c1-12-6-5-7-14(8-12)20-13(2)9-15-16(19)10-18(3,4)11-17(15)20/h9,12,14,16H,5-8,10-11,19H2,1-4H3. The van der Waals surface area contributed by atoms with E-state index >= 15 is 0 Å². The molecule has 1 aromatic heterocycles. The molecule has 0 aromatic carbocycles. The molecule has 0 spiro atoms. The molecule has 1 saturated carbocycles. The molecule has 2 aliphatic carbocycles. The maximum Gasteiger partial charge on any atom is 0.0338 e. The highest BCUT2D eigenvalue weighted by Crippen LogP contribution is 2.44. The Balaban J connectivity index is 2.00. The fourth-order valence-electron chi connectivity index (χ4n) is 4.61. The summed E-state index contributed by atoms with van der Waals surface area (Å²) in [5.74, 6) is 0.872. The first-order valence-electron chi connectivity index (χ1n) is 8.33. The first kappa shape index (κ1) is 14.2. The number of aryl methyl sites for hydroxylation is 1. The van der Waals surface area contributed by atoms with Crippen molar-refractivity contribution in [2.45, 2.75) is 78.3 Å². The van der Waals surface area contributed by atoms with Crippen LogP contribution in [0.4, 0.5) is 0 Å². The van der Waals surface area contributed by atoms with Crippen molar-refractivity contribution in [3.8, 4) is 0 Å². The molecule has 0 amide bonds. The van der Waals surface area contributed by atoms with Crippen LogP contribution in [0.2, 0.25) is 0 Å². The molecule has 20 heavy (non-hydrogen) atoms. The lowest BCUT2D eigenvalue weighted by Crippen LogP contribution is -2.31. The SMILES string of the molecule is Cc1cc2c(n1C1CCCC(C)C1)CC(C)(C)CC2N. The van der Waals surface area contributed by atoms with Crippen LogP contribution in [0.1, 0.15) is 81.9 Å². The molecule has 0 saturated heterocycles. The number of aromatic nitrogens is 1. The van der Waals surface area contributed by atoms with Crippen LogP contribution in [-0.4, -0.2) is 4.57 Å². The molecule has 0 bridgehead atoms. The summed E-state index contributed by atoms with van der Waals surface area (Å²) < 4.78 is 2.66. The Labute approximate surface area is 123 Å². The van der Waals surface area contributed by atoms with E-state index in [-0.39, 0.29) is 6.04 Å². The number of hydrogen-bond acceptors (Lipinski definition) is 1. The summed E-state index contributed by atoms with van der Waals surface area (Å²) >= 11 is 0. The van der Waals surface area contributed by atoms with Gasteiger partial charge in [0.1, 0.15) is 0 Å². The molecule has 0 aliphatic heterocycles. The monoisotopic (exact) mass is 274 g/mol. The van der Waals surface area contributed by atoms with Crippen molar-refractivity contribution in [3.05, 3.63) is 23.0 Å². The largest absolute Gasteiger partial charge is 0.346 e. The summed E-state index contributed by atoms with van der Waals surface area (Å²) in [6.07, 6.45) is 7.79. The second kappa shape index (κ2) is 4.91. The van der Waals surface area contributed by atoms with Gasteiger partial charge in [-0.05, 0) is 55.6 Å². The molecule has 3 unspecified atom stereocenters.